The lowest BCUT2D eigenvalue weighted by atomic mass is 10.1. The first-order valence-corrected chi connectivity index (χ1v) is 5.76. The van der Waals surface area contributed by atoms with E-state index in [-0.39, 0.29) is 22.3 Å². The molecule has 0 bridgehead atoms. The number of hydrogen-bond acceptors (Lipinski definition) is 5. The molecule has 1 heterocycles. The van der Waals surface area contributed by atoms with Crippen LogP contribution in [0.4, 0.5) is 19.0 Å². The monoisotopic (exact) mass is 314 g/mol. The lowest BCUT2D eigenvalue weighted by Gasteiger charge is -2.14. The Morgan fingerprint density at radius 3 is 2.62 bits per heavy atom. The lowest BCUT2D eigenvalue weighted by molar-refractivity contribution is -0.138. The van der Waals surface area contributed by atoms with Crippen molar-refractivity contribution >= 4 is 17.4 Å². The Balaban J connectivity index is 2.50. The maximum Gasteiger partial charge on any atom is 0.420 e. The van der Waals surface area contributed by atoms with Gasteiger partial charge in [0.25, 0.3) is 0 Å². The topological polar surface area (TPSA) is 84.8 Å². The Kier molecular flexibility index (Phi) is 3.86. The predicted molar refractivity (Wildman–Crippen MR) is 67.7 cm³/mol. The summed E-state index contributed by atoms with van der Waals surface area (Å²) in [5, 5.41) is 8.47. The predicted octanol–water partition coefficient (Wildman–Crippen LogP) is 3.39. The van der Waals surface area contributed by atoms with Crippen LogP contribution in [0, 0.1) is 11.3 Å². The highest BCUT2D eigenvalue weighted by Crippen LogP contribution is 2.39. The zero-order valence-corrected chi connectivity index (χ0v) is 10.9. The molecule has 5 nitrogen and oxygen atoms in total. The maximum absolute atomic E-state index is 13.0. The number of nitrogen functional groups attached to an aromatic ring is 1. The Morgan fingerprint density at radius 2 is 2.00 bits per heavy atom. The third-order valence-electron chi connectivity index (χ3n) is 2.41. The summed E-state index contributed by atoms with van der Waals surface area (Å²) in [7, 11) is 0. The van der Waals surface area contributed by atoms with E-state index in [9.17, 15) is 13.2 Å². The van der Waals surface area contributed by atoms with Crippen LogP contribution in [0.2, 0.25) is 5.02 Å². The van der Waals surface area contributed by atoms with Gasteiger partial charge in [-0.05, 0) is 18.2 Å². The second kappa shape index (κ2) is 5.46. The molecular formula is C12H6ClF3N4O. The minimum absolute atomic E-state index is 0.121. The summed E-state index contributed by atoms with van der Waals surface area (Å²) >= 11 is 5.76. The van der Waals surface area contributed by atoms with Crippen molar-refractivity contribution in [2.75, 3.05) is 5.73 Å². The Labute approximate surface area is 121 Å². The summed E-state index contributed by atoms with van der Waals surface area (Å²) in [4.78, 5) is 7.19. The van der Waals surface area contributed by atoms with Crippen LogP contribution >= 0.6 is 11.6 Å². The van der Waals surface area contributed by atoms with Crippen LogP contribution in [0.15, 0.2) is 24.5 Å². The van der Waals surface area contributed by atoms with Gasteiger partial charge in [0.05, 0.1) is 17.2 Å². The average Bonchev–Trinajstić information content (AvgIpc) is 2.43. The summed E-state index contributed by atoms with van der Waals surface area (Å²) in [5.41, 5.74) is 4.15. The smallest absolute Gasteiger partial charge is 0.420 e. The van der Waals surface area contributed by atoms with Crippen LogP contribution in [0.5, 0.6) is 11.6 Å². The van der Waals surface area contributed by atoms with Gasteiger partial charge in [-0.3, -0.25) is 0 Å². The molecule has 0 fully saturated rings. The van der Waals surface area contributed by atoms with Crippen molar-refractivity contribution in [1.29, 1.82) is 5.26 Å². The highest BCUT2D eigenvalue weighted by Gasteiger charge is 2.35. The fourth-order valence-corrected chi connectivity index (χ4v) is 1.59. The summed E-state index contributed by atoms with van der Waals surface area (Å²) in [5.74, 6) is -0.968. The van der Waals surface area contributed by atoms with Crippen molar-refractivity contribution in [2.45, 2.75) is 6.18 Å². The zero-order valence-electron chi connectivity index (χ0n) is 10.1. The summed E-state index contributed by atoms with van der Waals surface area (Å²) in [6.07, 6.45) is -3.69. The van der Waals surface area contributed by atoms with Crippen molar-refractivity contribution in [3.05, 3.63) is 40.7 Å². The van der Waals surface area contributed by atoms with Gasteiger partial charge in [-0.1, -0.05) is 11.6 Å². The number of nitrogens with zero attached hydrogens (tertiary/aromatic N) is 3. The number of hydrogen-bond donors (Lipinski definition) is 1. The Bertz CT molecular complexity index is 727. The molecule has 0 unspecified atom stereocenters. The molecule has 0 aliphatic heterocycles. The molecule has 2 rings (SSSR count). The SMILES string of the molecule is N#Cc1ccc(Oc2ncnc(N)c2Cl)c(C(F)(F)F)c1. The highest BCUT2D eigenvalue weighted by atomic mass is 35.5. The molecule has 2 N–H and O–H groups in total. The second-order valence-corrected chi connectivity index (χ2v) is 4.18. The molecule has 0 radical (unpaired) electrons. The minimum atomic E-state index is -4.70. The van der Waals surface area contributed by atoms with E-state index in [1.165, 1.54) is 6.07 Å². The second-order valence-electron chi connectivity index (χ2n) is 3.80. The standard InChI is InChI=1S/C12H6ClF3N4O/c13-9-10(18)19-5-20-11(9)21-8-2-1-6(4-17)3-7(8)12(14,15)16/h1-3,5H,(H2,18,19,20). The van der Waals surface area contributed by atoms with Crippen LogP contribution < -0.4 is 10.5 Å². The average molecular weight is 315 g/mol. The molecule has 1 aromatic carbocycles. The van der Waals surface area contributed by atoms with E-state index in [1.54, 1.807) is 6.07 Å². The molecule has 0 saturated carbocycles. The number of nitrogens with two attached hydrogens (primary N) is 1. The van der Waals surface area contributed by atoms with Gasteiger partial charge in [-0.2, -0.15) is 23.4 Å². The van der Waals surface area contributed by atoms with Gasteiger partial charge in [-0.25, -0.2) is 4.98 Å². The van der Waals surface area contributed by atoms with Gasteiger partial charge in [0, 0.05) is 0 Å². The molecule has 21 heavy (non-hydrogen) atoms. The van der Waals surface area contributed by atoms with Crippen molar-refractivity contribution in [2.24, 2.45) is 0 Å². The van der Waals surface area contributed by atoms with E-state index in [0.29, 0.717) is 6.07 Å². The lowest BCUT2D eigenvalue weighted by Crippen LogP contribution is -2.08. The minimum Gasteiger partial charge on any atom is -0.437 e. The highest BCUT2D eigenvalue weighted by molar-refractivity contribution is 6.34. The summed E-state index contributed by atoms with van der Waals surface area (Å²) < 4.78 is 44.0. The number of nitriles is 1. The Morgan fingerprint density at radius 1 is 1.29 bits per heavy atom. The normalized spacial score (nSPS) is 11.0. The van der Waals surface area contributed by atoms with E-state index in [4.69, 9.17) is 27.3 Å². The first-order chi connectivity index (χ1) is 9.82. The van der Waals surface area contributed by atoms with Crippen LogP contribution in [0.25, 0.3) is 0 Å². The van der Waals surface area contributed by atoms with Gasteiger partial charge in [0.1, 0.15) is 22.9 Å². The van der Waals surface area contributed by atoms with Gasteiger partial charge >= 0.3 is 6.18 Å². The molecule has 1 aromatic heterocycles. The van der Waals surface area contributed by atoms with Crippen LogP contribution in [0.1, 0.15) is 11.1 Å². The fraction of sp³-hybridized carbons (Fsp3) is 0.0833. The van der Waals surface area contributed by atoms with Crippen LogP contribution in [0.3, 0.4) is 0 Å². The molecule has 2 aromatic rings. The number of rotatable bonds is 2. The maximum atomic E-state index is 13.0. The largest absolute Gasteiger partial charge is 0.437 e. The van der Waals surface area contributed by atoms with E-state index in [0.717, 1.165) is 12.4 Å². The van der Waals surface area contributed by atoms with E-state index < -0.39 is 17.5 Å². The molecule has 108 valence electrons. The molecule has 0 atom stereocenters. The number of alkyl halides is 3. The quantitative estimate of drug-likeness (QED) is 0.918. The molecule has 9 heteroatoms. The van der Waals surface area contributed by atoms with Crippen LogP contribution in [-0.4, -0.2) is 9.97 Å². The first-order valence-electron chi connectivity index (χ1n) is 5.38. The number of benzene rings is 1. The van der Waals surface area contributed by atoms with Gasteiger partial charge in [-0.15, -0.1) is 0 Å². The van der Waals surface area contributed by atoms with Crippen LogP contribution in [-0.2, 0) is 6.18 Å². The summed E-state index contributed by atoms with van der Waals surface area (Å²) in [6, 6.07) is 4.49. The Hall–Kier alpha value is -2.53. The van der Waals surface area contributed by atoms with E-state index in [1.807, 2.05) is 0 Å². The molecule has 0 amide bonds. The van der Waals surface area contributed by atoms with Gasteiger partial charge in [0.2, 0.25) is 5.88 Å². The van der Waals surface area contributed by atoms with Crippen molar-refractivity contribution in [1.82, 2.24) is 9.97 Å². The number of ether oxygens (including phenoxy) is 1. The third kappa shape index (κ3) is 3.14. The van der Waals surface area contributed by atoms with Crippen molar-refractivity contribution in [3.63, 3.8) is 0 Å². The van der Waals surface area contributed by atoms with Crippen molar-refractivity contribution in [3.8, 4) is 17.7 Å². The zero-order chi connectivity index (χ0) is 15.6. The van der Waals surface area contributed by atoms with Gasteiger partial charge in [0.15, 0.2) is 0 Å². The number of halogens is 4. The van der Waals surface area contributed by atoms with E-state index in [2.05, 4.69) is 9.97 Å². The van der Waals surface area contributed by atoms with Crippen molar-refractivity contribution < 1.29 is 17.9 Å². The third-order valence-corrected chi connectivity index (χ3v) is 2.76. The van der Waals surface area contributed by atoms with E-state index >= 15 is 0 Å². The van der Waals surface area contributed by atoms with Gasteiger partial charge < -0.3 is 10.5 Å². The molecule has 0 aliphatic carbocycles. The number of aromatic nitrogens is 2. The fourth-order valence-electron chi connectivity index (χ4n) is 1.45. The first kappa shape index (κ1) is 14.9. The summed E-state index contributed by atoms with van der Waals surface area (Å²) in [6.45, 7) is 0. The molecule has 0 spiro atoms. The molecular weight excluding hydrogens is 309 g/mol. The number of anilines is 1. The molecule has 0 saturated heterocycles. The molecule has 0 aliphatic rings.